The number of hydrogen-bond acceptors (Lipinski definition) is 3. The summed E-state index contributed by atoms with van der Waals surface area (Å²) in [7, 11) is 0. The number of nitrogens with one attached hydrogen (secondary N) is 3. The van der Waals surface area contributed by atoms with Crippen molar-refractivity contribution in [2.45, 2.75) is 19.0 Å². The Morgan fingerprint density at radius 2 is 2.46 bits per heavy atom. The average molecular weight is 180 g/mol. The number of aromatic nitrogens is 2. The number of H-pyrrole nitrogens is 1. The largest absolute Gasteiger partial charge is 0.353 e. The van der Waals surface area contributed by atoms with Crippen molar-refractivity contribution in [3.8, 4) is 0 Å². The molecule has 13 heavy (non-hydrogen) atoms. The second-order valence-corrected chi connectivity index (χ2v) is 3.20. The SMILES string of the molecule is CC1NC(c2ccn[nH]2)CNC1=O. The Balaban J connectivity index is 2.07. The van der Waals surface area contributed by atoms with E-state index in [4.69, 9.17) is 0 Å². The van der Waals surface area contributed by atoms with Gasteiger partial charge in [-0.3, -0.25) is 15.2 Å². The molecule has 70 valence electrons. The molecule has 1 fully saturated rings. The van der Waals surface area contributed by atoms with E-state index in [1.165, 1.54) is 0 Å². The van der Waals surface area contributed by atoms with Crippen LogP contribution in [0.2, 0.25) is 0 Å². The Morgan fingerprint density at radius 1 is 1.62 bits per heavy atom. The van der Waals surface area contributed by atoms with E-state index in [2.05, 4.69) is 20.8 Å². The van der Waals surface area contributed by atoms with Crippen LogP contribution < -0.4 is 10.6 Å². The molecule has 1 aromatic heterocycles. The van der Waals surface area contributed by atoms with Crippen molar-refractivity contribution in [2.75, 3.05) is 6.54 Å². The number of carbonyl (C=O) groups is 1. The third kappa shape index (κ3) is 1.55. The predicted octanol–water partition coefficient (Wildman–Crippen LogP) is -0.441. The van der Waals surface area contributed by atoms with Crippen LogP contribution in [0.1, 0.15) is 18.7 Å². The van der Waals surface area contributed by atoms with Gasteiger partial charge in [0, 0.05) is 12.7 Å². The zero-order valence-corrected chi connectivity index (χ0v) is 7.37. The molecule has 5 heteroatoms. The quantitative estimate of drug-likeness (QED) is 0.548. The van der Waals surface area contributed by atoms with Crippen LogP contribution >= 0.6 is 0 Å². The topological polar surface area (TPSA) is 69.8 Å². The number of nitrogens with zero attached hydrogens (tertiary/aromatic N) is 1. The Hall–Kier alpha value is -1.36. The van der Waals surface area contributed by atoms with Gasteiger partial charge in [-0.05, 0) is 13.0 Å². The number of carbonyl (C=O) groups excluding carboxylic acids is 1. The van der Waals surface area contributed by atoms with E-state index < -0.39 is 0 Å². The van der Waals surface area contributed by atoms with Gasteiger partial charge in [-0.25, -0.2) is 0 Å². The summed E-state index contributed by atoms with van der Waals surface area (Å²) in [6.45, 7) is 2.46. The zero-order valence-electron chi connectivity index (χ0n) is 7.37. The second-order valence-electron chi connectivity index (χ2n) is 3.20. The van der Waals surface area contributed by atoms with Crippen LogP contribution in [-0.4, -0.2) is 28.7 Å². The highest BCUT2D eigenvalue weighted by molar-refractivity contribution is 5.82. The molecule has 1 saturated heterocycles. The van der Waals surface area contributed by atoms with Gasteiger partial charge in [0.2, 0.25) is 5.91 Å². The summed E-state index contributed by atoms with van der Waals surface area (Å²) in [5.74, 6) is 0.0516. The summed E-state index contributed by atoms with van der Waals surface area (Å²) in [4.78, 5) is 11.1. The molecule has 1 aliphatic heterocycles. The fraction of sp³-hybridized carbons (Fsp3) is 0.500. The van der Waals surface area contributed by atoms with Gasteiger partial charge in [-0.15, -0.1) is 0 Å². The summed E-state index contributed by atoms with van der Waals surface area (Å²) < 4.78 is 0. The minimum Gasteiger partial charge on any atom is -0.353 e. The fourth-order valence-electron chi connectivity index (χ4n) is 1.45. The Bertz CT molecular complexity index is 295. The molecule has 0 saturated carbocycles. The number of piperazine rings is 1. The molecule has 5 nitrogen and oxygen atoms in total. The highest BCUT2D eigenvalue weighted by atomic mass is 16.2. The van der Waals surface area contributed by atoms with Gasteiger partial charge in [-0.2, -0.15) is 5.10 Å². The smallest absolute Gasteiger partial charge is 0.236 e. The number of aromatic amines is 1. The van der Waals surface area contributed by atoms with Crippen molar-refractivity contribution < 1.29 is 4.79 Å². The van der Waals surface area contributed by atoms with E-state index >= 15 is 0 Å². The fourth-order valence-corrected chi connectivity index (χ4v) is 1.45. The lowest BCUT2D eigenvalue weighted by Gasteiger charge is -2.27. The van der Waals surface area contributed by atoms with Gasteiger partial charge in [0.05, 0.1) is 17.8 Å². The lowest BCUT2D eigenvalue weighted by molar-refractivity contribution is -0.124. The third-order valence-corrected chi connectivity index (χ3v) is 2.22. The first-order valence-corrected chi connectivity index (χ1v) is 4.30. The minimum atomic E-state index is -0.137. The first-order chi connectivity index (χ1) is 6.27. The third-order valence-electron chi connectivity index (χ3n) is 2.22. The Kier molecular flexibility index (Phi) is 2.02. The van der Waals surface area contributed by atoms with E-state index in [0.29, 0.717) is 6.54 Å². The zero-order chi connectivity index (χ0) is 9.26. The van der Waals surface area contributed by atoms with Crippen molar-refractivity contribution in [1.29, 1.82) is 0 Å². The molecule has 0 aromatic carbocycles. The first-order valence-electron chi connectivity index (χ1n) is 4.30. The lowest BCUT2D eigenvalue weighted by atomic mass is 10.1. The molecule has 0 aliphatic carbocycles. The summed E-state index contributed by atoms with van der Waals surface area (Å²) >= 11 is 0. The van der Waals surface area contributed by atoms with E-state index in [1.54, 1.807) is 6.20 Å². The maximum atomic E-state index is 11.1. The average Bonchev–Trinajstić information content (AvgIpc) is 2.62. The van der Waals surface area contributed by atoms with Crippen LogP contribution in [0.4, 0.5) is 0 Å². The van der Waals surface area contributed by atoms with Crippen LogP contribution in [0.25, 0.3) is 0 Å². The van der Waals surface area contributed by atoms with E-state index in [9.17, 15) is 4.79 Å². The molecule has 2 rings (SSSR count). The summed E-state index contributed by atoms with van der Waals surface area (Å²) in [6.07, 6.45) is 1.71. The van der Waals surface area contributed by atoms with Gasteiger partial charge in [0.15, 0.2) is 0 Å². The monoisotopic (exact) mass is 180 g/mol. The van der Waals surface area contributed by atoms with Gasteiger partial charge >= 0.3 is 0 Å². The summed E-state index contributed by atoms with van der Waals surface area (Å²) in [6, 6.07) is 1.92. The Labute approximate surface area is 75.9 Å². The van der Waals surface area contributed by atoms with Crippen LogP contribution in [-0.2, 0) is 4.79 Å². The van der Waals surface area contributed by atoms with Crippen molar-refractivity contribution in [3.05, 3.63) is 18.0 Å². The molecule has 0 bridgehead atoms. The molecule has 1 amide bonds. The Morgan fingerprint density at radius 3 is 3.08 bits per heavy atom. The molecular formula is C8H12N4O. The molecule has 2 heterocycles. The van der Waals surface area contributed by atoms with Crippen LogP contribution in [0, 0.1) is 0 Å². The van der Waals surface area contributed by atoms with Crippen molar-refractivity contribution in [3.63, 3.8) is 0 Å². The highest BCUT2D eigenvalue weighted by Gasteiger charge is 2.25. The van der Waals surface area contributed by atoms with E-state index in [1.807, 2.05) is 13.0 Å². The molecule has 0 spiro atoms. The van der Waals surface area contributed by atoms with E-state index in [-0.39, 0.29) is 18.0 Å². The molecule has 2 unspecified atom stereocenters. The van der Waals surface area contributed by atoms with E-state index in [0.717, 1.165) is 5.69 Å². The second kappa shape index (κ2) is 3.18. The summed E-state index contributed by atoms with van der Waals surface area (Å²) in [5.41, 5.74) is 1.01. The normalized spacial score (nSPS) is 28.5. The standard InChI is InChI=1S/C8H12N4O/c1-5-8(13)9-4-7(11-5)6-2-3-10-12-6/h2-3,5,7,11H,4H2,1H3,(H,9,13)(H,10,12). The maximum Gasteiger partial charge on any atom is 0.236 e. The van der Waals surface area contributed by atoms with Gasteiger partial charge in [0.25, 0.3) is 0 Å². The number of amides is 1. The number of rotatable bonds is 1. The van der Waals surface area contributed by atoms with Crippen molar-refractivity contribution in [2.24, 2.45) is 0 Å². The highest BCUT2D eigenvalue weighted by Crippen LogP contribution is 2.11. The summed E-state index contributed by atoms with van der Waals surface area (Å²) in [5, 5.41) is 12.7. The molecule has 0 radical (unpaired) electrons. The first kappa shape index (κ1) is 8.25. The van der Waals surface area contributed by atoms with Crippen molar-refractivity contribution >= 4 is 5.91 Å². The molecular weight excluding hydrogens is 168 g/mol. The molecule has 1 aromatic rings. The lowest BCUT2D eigenvalue weighted by Crippen LogP contribution is -2.53. The van der Waals surface area contributed by atoms with Gasteiger partial charge < -0.3 is 5.32 Å². The number of hydrogen-bond donors (Lipinski definition) is 3. The van der Waals surface area contributed by atoms with Crippen LogP contribution in [0.15, 0.2) is 12.3 Å². The molecule has 1 aliphatic rings. The minimum absolute atomic E-state index is 0.0516. The van der Waals surface area contributed by atoms with Crippen molar-refractivity contribution in [1.82, 2.24) is 20.8 Å². The molecule has 3 N–H and O–H groups in total. The van der Waals surface area contributed by atoms with Gasteiger partial charge in [0.1, 0.15) is 0 Å². The predicted molar refractivity (Wildman–Crippen MR) is 46.9 cm³/mol. The van der Waals surface area contributed by atoms with Crippen LogP contribution in [0.3, 0.4) is 0 Å². The maximum absolute atomic E-state index is 11.1. The van der Waals surface area contributed by atoms with Gasteiger partial charge in [-0.1, -0.05) is 0 Å². The van der Waals surface area contributed by atoms with Crippen LogP contribution in [0.5, 0.6) is 0 Å². The molecule has 2 atom stereocenters.